The second-order valence-corrected chi connectivity index (χ2v) is 7.59. The van der Waals surface area contributed by atoms with Gasteiger partial charge in [0.05, 0.1) is 17.3 Å². The van der Waals surface area contributed by atoms with Gasteiger partial charge in [0.2, 0.25) is 0 Å². The smallest absolute Gasteiger partial charge is 0.254 e. The van der Waals surface area contributed by atoms with E-state index in [9.17, 15) is 4.79 Å². The van der Waals surface area contributed by atoms with Crippen LogP contribution in [0.15, 0.2) is 52.3 Å². The Kier molecular flexibility index (Phi) is 5.30. The largest absolute Gasteiger partial charge is 0.361 e. The molecule has 0 fully saturated rings. The third kappa shape index (κ3) is 3.86. The van der Waals surface area contributed by atoms with Crippen LogP contribution in [0.2, 0.25) is 0 Å². The van der Waals surface area contributed by atoms with Crippen molar-refractivity contribution in [3.8, 4) is 0 Å². The van der Waals surface area contributed by atoms with Crippen LogP contribution in [0.25, 0.3) is 5.65 Å². The van der Waals surface area contributed by atoms with Crippen molar-refractivity contribution in [2.75, 3.05) is 0 Å². The molecule has 29 heavy (non-hydrogen) atoms. The summed E-state index contributed by atoms with van der Waals surface area (Å²) >= 11 is 1.48. The summed E-state index contributed by atoms with van der Waals surface area (Å²) in [5, 5.41) is 16.0. The number of carbonyl (C=O) groups is 1. The number of nitrogens with zero attached hydrogens (tertiary/aromatic N) is 5. The van der Waals surface area contributed by atoms with Gasteiger partial charge in [-0.3, -0.25) is 9.20 Å². The maximum atomic E-state index is 12.9. The first-order valence-corrected chi connectivity index (χ1v) is 10.1. The zero-order valence-corrected chi connectivity index (χ0v) is 17.1. The minimum Gasteiger partial charge on any atom is -0.361 e. The molecule has 8 nitrogen and oxygen atoms in total. The molecular formula is C20H20N6O2S. The minimum absolute atomic E-state index is 0.209. The standard InChI is InChI=1S/C20H20N6O2S/c1-12-16(14(3)28-25-12)11-29-20-15(7-6-9-21-20)19(27)22-13(2)18-24-23-17-8-4-5-10-26(17)18/h4-10,13H,11H2,1-3H3,(H,22,27). The first-order chi connectivity index (χ1) is 14.0. The molecule has 0 aliphatic heterocycles. The molecule has 1 N–H and O–H groups in total. The Labute approximate surface area is 171 Å². The van der Waals surface area contributed by atoms with Crippen LogP contribution in [0, 0.1) is 13.8 Å². The maximum absolute atomic E-state index is 12.9. The van der Waals surface area contributed by atoms with E-state index in [4.69, 9.17) is 4.52 Å². The van der Waals surface area contributed by atoms with Gasteiger partial charge < -0.3 is 9.84 Å². The second-order valence-electron chi connectivity index (χ2n) is 6.63. The number of aryl methyl sites for hydroxylation is 2. The molecule has 4 aromatic heterocycles. The minimum atomic E-state index is -0.319. The van der Waals surface area contributed by atoms with Crippen molar-refractivity contribution >= 4 is 23.3 Å². The number of thioether (sulfide) groups is 1. The predicted molar refractivity (Wildman–Crippen MR) is 109 cm³/mol. The van der Waals surface area contributed by atoms with Crippen LogP contribution < -0.4 is 5.32 Å². The molecule has 1 atom stereocenters. The molecule has 0 saturated carbocycles. The second kappa shape index (κ2) is 8.04. The highest BCUT2D eigenvalue weighted by Gasteiger charge is 2.20. The molecular weight excluding hydrogens is 388 g/mol. The van der Waals surface area contributed by atoms with Crippen LogP contribution in [0.1, 0.15) is 46.2 Å². The highest BCUT2D eigenvalue weighted by atomic mass is 32.2. The van der Waals surface area contributed by atoms with Gasteiger partial charge in [0, 0.05) is 23.7 Å². The molecule has 0 saturated heterocycles. The molecule has 4 rings (SSSR count). The number of fused-ring (bicyclic) bond motifs is 1. The molecule has 9 heteroatoms. The molecule has 0 aliphatic rings. The lowest BCUT2D eigenvalue weighted by Gasteiger charge is -2.14. The number of nitrogens with one attached hydrogen (secondary N) is 1. The molecule has 4 aromatic rings. The monoisotopic (exact) mass is 408 g/mol. The van der Waals surface area contributed by atoms with Crippen LogP contribution in [0.5, 0.6) is 0 Å². The normalized spacial score (nSPS) is 12.2. The van der Waals surface area contributed by atoms with Gasteiger partial charge in [-0.1, -0.05) is 11.2 Å². The van der Waals surface area contributed by atoms with E-state index in [2.05, 4.69) is 25.7 Å². The van der Waals surface area contributed by atoms with Crippen molar-refractivity contribution in [3.05, 3.63) is 71.1 Å². The van der Waals surface area contributed by atoms with Gasteiger partial charge in [0.15, 0.2) is 11.5 Å². The van der Waals surface area contributed by atoms with E-state index in [1.165, 1.54) is 11.8 Å². The number of hydrogen-bond donors (Lipinski definition) is 1. The Morgan fingerprint density at radius 1 is 1.24 bits per heavy atom. The Bertz CT molecular complexity index is 1150. The van der Waals surface area contributed by atoms with Crippen molar-refractivity contribution in [2.45, 2.75) is 37.6 Å². The van der Waals surface area contributed by atoms with Gasteiger partial charge >= 0.3 is 0 Å². The van der Waals surface area contributed by atoms with Crippen LogP contribution in [0.3, 0.4) is 0 Å². The van der Waals surface area contributed by atoms with Gasteiger partial charge in [-0.05, 0) is 45.0 Å². The zero-order valence-electron chi connectivity index (χ0n) is 16.3. The van der Waals surface area contributed by atoms with Crippen molar-refractivity contribution in [1.29, 1.82) is 0 Å². The zero-order chi connectivity index (χ0) is 20.4. The third-order valence-electron chi connectivity index (χ3n) is 4.63. The molecule has 148 valence electrons. The highest BCUT2D eigenvalue weighted by Crippen LogP contribution is 2.27. The van der Waals surface area contributed by atoms with E-state index in [0.29, 0.717) is 22.2 Å². The van der Waals surface area contributed by atoms with Crippen LogP contribution >= 0.6 is 11.8 Å². The highest BCUT2D eigenvalue weighted by molar-refractivity contribution is 7.98. The number of rotatable bonds is 6. The van der Waals surface area contributed by atoms with E-state index in [-0.39, 0.29) is 11.9 Å². The molecule has 0 spiro atoms. The summed E-state index contributed by atoms with van der Waals surface area (Å²) in [5.74, 6) is 1.87. The summed E-state index contributed by atoms with van der Waals surface area (Å²) in [5.41, 5.74) is 3.13. The average Bonchev–Trinajstić information content (AvgIpc) is 3.30. The van der Waals surface area contributed by atoms with Gasteiger partial charge in [-0.2, -0.15) is 0 Å². The topological polar surface area (TPSA) is 98.2 Å². The van der Waals surface area contributed by atoms with Gasteiger partial charge in [-0.15, -0.1) is 22.0 Å². The van der Waals surface area contributed by atoms with Crippen LogP contribution in [0.4, 0.5) is 0 Å². The molecule has 0 bridgehead atoms. The van der Waals surface area contributed by atoms with Crippen molar-refractivity contribution in [2.24, 2.45) is 0 Å². The molecule has 0 aromatic carbocycles. The molecule has 4 heterocycles. The number of carbonyl (C=O) groups excluding carboxylic acids is 1. The Morgan fingerprint density at radius 3 is 2.90 bits per heavy atom. The fourth-order valence-corrected chi connectivity index (χ4v) is 4.17. The van der Waals surface area contributed by atoms with Gasteiger partial charge in [0.1, 0.15) is 10.8 Å². The first kappa shape index (κ1) is 19.1. The van der Waals surface area contributed by atoms with Crippen LogP contribution in [-0.4, -0.2) is 30.6 Å². The number of hydrogen-bond acceptors (Lipinski definition) is 7. The van der Waals surface area contributed by atoms with Crippen molar-refractivity contribution in [1.82, 2.24) is 30.1 Å². The maximum Gasteiger partial charge on any atom is 0.254 e. The number of pyridine rings is 2. The summed E-state index contributed by atoms with van der Waals surface area (Å²) in [6, 6.07) is 8.88. The number of aromatic nitrogens is 5. The molecule has 1 amide bonds. The molecule has 0 aliphatic carbocycles. The number of amides is 1. The van der Waals surface area contributed by atoms with Gasteiger partial charge in [-0.25, -0.2) is 4.98 Å². The quantitative estimate of drug-likeness (QED) is 0.488. The average molecular weight is 408 g/mol. The van der Waals surface area contributed by atoms with E-state index >= 15 is 0 Å². The fourth-order valence-electron chi connectivity index (χ4n) is 3.02. The Hall–Kier alpha value is -3.20. The third-order valence-corrected chi connectivity index (χ3v) is 5.66. The lowest BCUT2D eigenvalue weighted by molar-refractivity contribution is 0.0934. The van der Waals surface area contributed by atoms with E-state index in [1.54, 1.807) is 18.3 Å². The summed E-state index contributed by atoms with van der Waals surface area (Å²) in [7, 11) is 0. The first-order valence-electron chi connectivity index (χ1n) is 9.14. The SMILES string of the molecule is Cc1noc(C)c1CSc1ncccc1C(=O)NC(C)c1nnc2ccccn12. The van der Waals surface area contributed by atoms with E-state index < -0.39 is 0 Å². The molecule has 1 unspecified atom stereocenters. The van der Waals surface area contributed by atoms with Gasteiger partial charge in [0.25, 0.3) is 5.91 Å². The van der Waals surface area contributed by atoms with E-state index in [0.717, 1.165) is 22.7 Å². The Morgan fingerprint density at radius 2 is 2.10 bits per heavy atom. The predicted octanol–water partition coefficient (Wildman–Crippen LogP) is 3.51. The lowest BCUT2D eigenvalue weighted by Crippen LogP contribution is -2.28. The summed E-state index contributed by atoms with van der Waals surface area (Å²) in [6.45, 7) is 5.67. The molecule has 0 radical (unpaired) electrons. The van der Waals surface area contributed by atoms with Crippen molar-refractivity contribution in [3.63, 3.8) is 0 Å². The van der Waals surface area contributed by atoms with Crippen LogP contribution in [-0.2, 0) is 5.75 Å². The lowest BCUT2D eigenvalue weighted by atomic mass is 10.2. The summed E-state index contributed by atoms with van der Waals surface area (Å²) in [6.07, 6.45) is 3.56. The Balaban J connectivity index is 1.51. The summed E-state index contributed by atoms with van der Waals surface area (Å²) in [4.78, 5) is 17.3. The fraction of sp³-hybridized carbons (Fsp3) is 0.250. The van der Waals surface area contributed by atoms with E-state index in [1.807, 2.05) is 49.6 Å². The van der Waals surface area contributed by atoms with Crippen molar-refractivity contribution < 1.29 is 9.32 Å². The summed E-state index contributed by atoms with van der Waals surface area (Å²) < 4.78 is 7.07.